The predicted octanol–water partition coefficient (Wildman–Crippen LogP) is 4.03. The summed E-state index contributed by atoms with van der Waals surface area (Å²) in [7, 11) is 6.41. The number of nitrogens with zero attached hydrogens (tertiary/aromatic N) is 1. The molecule has 27 heavy (non-hydrogen) atoms. The molecule has 6 nitrogen and oxygen atoms in total. The van der Waals surface area contributed by atoms with Crippen LogP contribution in [0, 0.1) is 13.8 Å². The highest BCUT2D eigenvalue weighted by Gasteiger charge is 2.21. The molecule has 1 aliphatic rings. The van der Waals surface area contributed by atoms with Crippen LogP contribution in [0.4, 0.5) is 0 Å². The summed E-state index contributed by atoms with van der Waals surface area (Å²) in [5.41, 5.74) is 5.65. The summed E-state index contributed by atoms with van der Waals surface area (Å²) < 4.78 is 21.8. The highest BCUT2D eigenvalue weighted by molar-refractivity contribution is 6.12. The molecule has 3 rings (SSSR count). The number of aromatic amines is 1. The number of aryl methyl sites for hydroxylation is 2. The Balaban J connectivity index is 2.07. The van der Waals surface area contributed by atoms with E-state index in [1.54, 1.807) is 28.4 Å². The van der Waals surface area contributed by atoms with E-state index in [4.69, 9.17) is 23.9 Å². The first-order chi connectivity index (χ1) is 13.0. The lowest BCUT2D eigenvalue weighted by Crippen LogP contribution is -2.00. The van der Waals surface area contributed by atoms with Gasteiger partial charge in [0.25, 0.3) is 0 Å². The Labute approximate surface area is 159 Å². The predicted molar refractivity (Wildman–Crippen MR) is 106 cm³/mol. The molecule has 0 aliphatic carbocycles. The largest absolute Gasteiger partial charge is 0.494 e. The van der Waals surface area contributed by atoms with E-state index in [2.05, 4.69) is 18.0 Å². The number of aromatic nitrogens is 1. The van der Waals surface area contributed by atoms with Crippen molar-refractivity contribution in [1.82, 2.24) is 4.98 Å². The molecule has 2 aromatic rings. The molecule has 0 saturated heterocycles. The Morgan fingerprint density at radius 3 is 2.04 bits per heavy atom. The van der Waals surface area contributed by atoms with Crippen molar-refractivity contribution < 1.29 is 18.9 Å². The van der Waals surface area contributed by atoms with Gasteiger partial charge < -0.3 is 23.9 Å². The zero-order chi connectivity index (χ0) is 19.6. The molecule has 0 bridgehead atoms. The second-order valence-electron chi connectivity index (χ2n) is 6.20. The molecule has 0 saturated carbocycles. The summed E-state index contributed by atoms with van der Waals surface area (Å²) in [6, 6.07) is 5.84. The molecule has 1 aliphatic heterocycles. The van der Waals surface area contributed by atoms with Crippen LogP contribution in [0.15, 0.2) is 40.7 Å². The van der Waals surface area contributed by atoms with Crippen LogP contribution < -0.4 is 14.2 Å². The summed E-state index contributed by atoms with van der Waals surface area (Å²) in [5, 5.41) is 0. The average Bonchev–Trinajstić information content (AvgIpc) is 3.22. The Kier molecular flexibility index (Phi) is 5.26. The fraction of sp³-hybridized carbons (Fsp3) is 0.286. The second-order valence-corrected chi connectivity index (χ2v) is 6.20. The van der Waals surface area contributed by atoms with Gasteiger partial charge in [-0.05, 0) is 43.7 Å². The third-order valence-electron chi connectivity index (χ3n) is 4.41. The van der Waals surface area contributed by atoms with Crippen LogP contribution in [-0.4, -0.2) is 39.1 Å². The van der Waals surface area contributed by atoms with Gasteiger partial charge in [-0.3, -0.25) is 0 Å². The number of nitrogens with one attached hydrogen (secondary N) is 1. The number of rotatable bonds is 6. The van der Waals surface area contributed by atoms with Crippen molar-refractivity contribution in [2.75, 3.05) is 28.4 Å². The van der Waals surface area contributed by atoms with E-state index in [1.165, 1.54) is 0 Å². The van der Waals surface area contributed by atoms with Crippen molar-refractivity contribution in [3.8, 4) is 17.2 Å². The number of hydrogen-bond donors (Lipinski definition) is 1. The molecule has 0 unspecified atom stereocenters. The summed E-state index contributed by atoms with van der Waals surface area (Å²) >= 11 is 0. The maximum absolute atomic E-state index is 5.53. The Hall–Kier alpha value is -3.15. The van der Waals surface area contributed by atoms with E-state index in [0.717, 1.165) is 33.9 Å². The monoisotopic (exact) mass is 368 g/mol. The average molecular weight is 368 g/mol. The molecule has 2 heterocycles. The maximum Gasteiger partial charge on any atom is 0.203 e. The quantitative estimate of drug-likeness (QED) is 0.836. The van der Waals surface area contributed by atoms with Crippen LogP contribution in [0.5, 0.6) is 17.2 Å². The summed E-state index contributed by atoms with van der Waals surface area (Å²) in [6.07, 6.45) is 3.89. The van der Waals surface area contributed by atoms with Gasteiger partial charge in [-0.15, -0.1) is 0 Å². The van der Waals surface area contributed by atoms with Gasteiger partial charge in [0, 0.05) is 23.0 Å². The molecule has 0 radical (unpaired) electrons. The molecule has 142 valence electrons. The Morgan fingerprint density at radius 2 is 1.56 bits per heavy atom. The normalized spacial score (nSPS) is 14.8. The van der Waals surface area contributed by atoms with E-state index in [1.807, 2.05) is 31.2 Å². The van der Waals surface area contributed by atoms with E-state index in [9.17, 15) is 0 Å². The second kappa shape index (κ2) is 7.61. The van der Waals surface area contributed by atoms with Gasteiger partial charge in [-0.2, -0.15) is 0 Å². The van der Waals surface area contributed by atoms with Crippen molar-refractivity contribution in [2.45, 2.75) is 13.8 Å². The van der Waals surface area contributed by atoms with Crippen LogP contribution in [0.3, 0.4) is 0 Å². The number of H-pyrrole nitrogens is 1. The van der Waals surface area contributed by atoms with Crippen molar-refractivity contribution in [1.29, 1.82) is 0 Å². The lowest BCUT2D eigenvalue weighted by atomic mass is 10.1. The molecule has 1 N–H and O–H groups in total. The van der Waals surface area contributed by atoms with E-state index >= 15 is 0 Å². The SMILES string of the molecule is COC1=CC(c2cc(OC)c(OC)c(OC)c2)=N/C1=C/c1[nH]c(C)cc1C. The standard InChI is InChI=1S/C21H24N2O4/c1-12-7-13(2)22-15(12)10-17-18(24-3)11-16(23-17)14-8-19(25-4)21(27-6)20(9-14)26-5/h7-11,22H,1-6H3/b17-10+. The van der Waals surface area contributed by atoms with Crippen molar-refractivity contribution in [3.05, 3.63) is 58.2 Å². The third kappa shape index (κ3) is 3.56. The number of methoxy groups -OCH3 is 4. The van der Waals surface area contributed by atoms with Crippen LogP contribution in [-0.2, 0) is 4.74 Å². The number of benzene rings is 1. The summed E-state index contributed by atoms with van der Waals surface area (Å²) in [4.78, 5) is 8.09. The van der Waals surface area contributed by atoms with Crippen LogP contribution in [0.25, 0.3) is 6.08 Å². The van der Waals surface area contributed by atoms with E-state index in [0.29, 0.717) is 23.0 Å². The fourth-order valence-electron chi connectivity index (χ4n) is 3.10. The topological polar surface area (TPSA) is 65.1 Å². The summed E-state index contributed by atoms with van der Waals surface area (Å²) in [5.74, 6) is 2.40. The lowest BCUT2D eigenvalue weighted by molar-refractivity contribution is 0.303. The highest BCUT2D eigenvalue weighted by Crippen LogP contribution is 2.39. The first kappa shape index (κ1) is 18.6. The fourth-order valence-corrected chi connectivity index (χ4v) is 3.10. The van der Waals surface area contributed by atoms with Gasteiger partial charge in [0.2, 0.25) is 5.75 Å². The zero-order valence-electron chi connectivity index (χ0n) is 16.5. The highest BCUT2D eigenvalue weighted by atomic mass is 16.5. The lowest BCUT2D eigenvalue weighted by Gasteiger charge is -2.13. The molecule has 1 aromatic heterocycles. The minimum Gasteiger partial charge on any atom is -0.494 e. The van der Waals surface area contributed by atoms with Gasteiger partial charge in [0.1, 0.15) is 11.5 Å². The smallest absolute Gasteiger partial charge is 0.203 e. The summed E-state index contributed by atoms with van der Waals surface area (Å²) in [6.45, 7) is 4.09. The van der Waals surface area contributed by atoms with Crippen molar-refractivity contribution in [2.24, 2.45) is 4.99 Å². The molecule has 0 atom stereocenters. The van der Waals surface area contributed by atoms with Gasteiger partial charge >= 0.3 is 0 Å². The first-order valence-electron chi connectivity index (χ1n) is 8.53. The molecular weight excluding hydrogens is 344 g/mol. The maximum atomic E-state index is 5.53. The number of aliphatic imine (C=N–C) groups is 1. The Morgan fingerprint density at radius 1 is 0.889 bits per heavy atom. The molecule has 6 heteroatoms. The molecule has 0 amide bonds. The minimum absolute atomic E-state index is 0.548. The minimum atomic E-state index is 0.548. The van der Waals surface area contributed by atoms with Crippen molar-refractivity contribution in [3.63, 3.8) is 0 Å². The van der Waals surface area contributed by atoms with Crippen LogP contribution >= 0.6 is 0 Å². The third-order valence-corrected chi connectivity index (χ3v) is 4.41. The Bertz CT molecular complexity index is 926. The number of hydrogen-bond acceptors (Lipinski definition) is 5. The first-order valence-corrected chi connectivity index (χ1v) is 8.53. The van der Waals surface area contributed by atoms with Crippen molar-refractivity contribution >= 4 is 11.8 Å². The van der Waals surface area contributed by atoms with Gasteiger partial charge in [0.05, 0.1) is 34.2 Å². The molecule has 0 fully saturated rings. The molecular formula is C21H24N2O4. The van der Waals surface area contributed by atoms with Gasteiger partial charge in [-0.25, -0.2) is 4.99 Å². The van der Waals surface area contributed by atoms with Gasteiger partial charge in [-0.1, -0.05) is 0 Å². The van der Waals surface area contributed by atoms with E-state index < -0.39 is 0 Å². The van der Waals surface area contributed by atoms with E-state index in [-0.39, 0.29) is 0 Å². The molecule has 1 aromatic carbocycles. The van der Waals surface area contributed by atoms with Crippen LogP contribution in [0.2, 0.25) is 0 Å². The van der Waals surface area contributed by atoms with Crippen LogP contribution in [0.1, 0.15) is 22.5 Å². The molecule has 0 spiro atoms. The zero-order valence-corrected chi connectivity index (χ0v) is 16.5. The van der Waals surface area contributed by atoms with Gasteiger partial charge in [0.15, 0.2) is 11.5 Å². The number of ether oxygens (including phenoxy) is 4. The number of allylic oxidation sites excluding steroid dienone is 1.